The average molecular weight is 552 g/mol. The van der Waals surface area contributed by atoms with Gasteiger partial charge in [-0.1, -0.05) is 24.3 Å². The molecule has 1 heterocycles. The predicted molar refractivity (Wildman–Crippen MR) is 146 cm³/mol. The molecular weight excluding hydrogens is 524 g/mol. The molecule has 0 aliphatic heterocycles. The smallest absolute Gasteiger partial charge is 0.305 e. The van der Waals surface area contributed by atoms with Gasteiger partial charge in [-0.15, -0.1) is 11.3 Å². The second-order valence-corrected chi connectivity index (χ2v) is 9.60. The van der Waals surface area contributed by atoms with E-state index in [9.17, 15) is 18.4 Å². The molecule has 4 rings (SSSR count). The van der Waals surface area contributed by atoms with Gasteiger partial charge in [0.25, 0.3) is 5.91 Å². The lowest BCUT2D eigenvalue weighted by Gasteiger charge is -2.22. The van der Waals surface area contributed by atoms with Gasteiger partial charge in [-0.25, -0.2) is 13.8 Å². The summed E-state index contributed by atoms with van der Waals surface area (Å²) in [5.41, 5.74) is 3.54. The topological polar surface area (TPSA) is 91.8 Å². The number of thiazole rings is 1. The summed E-state index contributed by atoms with van der Waals surface area (Å²) in [4.78, 5) is 29.8. The molecule has 3 aromatic carbocycles. The quantitative estimate of drug-likeness (QED) is 0.240. The minimum atomic E-state index is -0.977. The normalized spacial score (nSPS) is 10.7. The van der Waals surface area contributed by atoms with Crippen molar-refractivity contribution in [3.8, 4) is 17.0 Å². The van der Waals surface area contributed by atoms with E-state index in [2.05, 4.69) is 10.2 Å². The van der Waals surface area contributed by atoms with Crippen LogP contribution in [0.25, 0.3) is 11.3 Å². The Bertz CT molecular complexity index is 1430. The Kier molecular flexibility index (Phi) is 9.22. The number of nitrogens with zero attached hydrogens (tertiary/aromatic N) is 2. The molecule has 1 aromatic heterocycles. The summed E-state index contributed by atoms with van der Waals surface area (Å²) in [5, 5.41) is 13.9. The summed E-state index contributed by atoms with van der Waals surface area (Å²) in [6, 6.07) is 18.6. The lowest BCUT2D eigenvalue weighted by Crippen LogP contribution is -2.26. The van der Waals surface area contributed by atoms with Crippen LogP contribution in [-0.4, -0.2) is 42.2 Å². The monoisotopic (exact) mass is 551 g/mol. The van der Waals surface area contributed by atoms with Crippen molar-refractivity contribution in [1.29, 1.82) is 0 Å². The van der Waals surface area contributed by atoms with Crippen LogP contribution in [0.2, 0.25) is 0 Å². The third kappa shape index (κ3) is 7.61. The van der Waals surface area contributed by atoms with Crippen LogP contribution in [0.4, 0.5) is 13.9 Å². The van der Waals surface area contributed by atoms with Crippen LogP contribution < -0.4 is 15.0 Å². The van der Waals surface area contributed by atoms with E-state index >= 15 is 0 Å². The lowest BCUT2D eigenvalue weighted by molar-refractivity contribution is -0.136. The summed E-state index contributed by atoms with van der Waals surface area (Å²) in [5.74, 6) is -2.37. The van der Waals surface area contributed by atoms with Crippen LogP contribution in [0, 0.1) is 11.6 Å². The van der Waals surface area contributed by atoms with Crippen molar-refractivity contribution in [2.45, 2.75) is 19.4 Å². The van der Waals surface area contributed by atoms with Crippen LogP contribution in [0.1, 0.15) is 27.9 Å². The number of aromatic nitrogens is 1. The maximum absolute atomic E-state index is 13.8. The van der Waals surface area contributed by atoms with E-state index in [0.29, 0.717) is 29.9 Å². The molecule has 2 N–H and O–H groups in total. The first-order chi connectivity index (χ1) is 18.8. The number of carboxylic acids is 1. The van der Waals surface area contributed by atoms with Crippen molar-refractivity contribution in [3.05, 3.63) is 100 Å². The number of hydrogen-bond acceptors (Lipinski definition) is 6. The highest BCUT2D eigenvalue weighted by Gasteiger charge is 2.15. The molecule has 39 heavy (non-hydrogen) atoms. The first-order valence-corrected chi connectivity index (χ1v) is 13.1. The highest BCUT2D eigenvalue weighted by molar-refractivity contribution is 7.14. The first-order valence-electron chi connectivity index (χ1n) is 12.2. The Labute approximate surface area is 228 Å². The number of amides is 1. The highest BCUT2D eigenvalue weighted by Crippen LogP contribution is 2.29. The second-order valence-electron chi connectivity index (χ2n) is 8.76. The molecule has 0 bridgehead atoms. The number of benzene rings is 3. The zero-order chi connectivity index (χ0) is 27.8. The molecule has 10 heteroatoms. The average Bonchev–Trinajstić information content (AvgIpc) is 3.43. The number of carbonyl (C=O) groups excluding carboxylic acids is 1. The van der Waals surface area contributed by atoms with Crippen molar-refractivity contribution in [1.82, 2.24) is 10.3 Å². The zero-order valence-electron chi connectivity index (χ0n) is 21.2. The minimum absolute atomic E-state index is 0.0550. The van der Waals surface area contributed by atoms with Crippen LogP contribution in [-0.2, 0) is 17.8 Å². The predicted octanol–water partition coefficient (Wildman–Crippen LogP) is 5.55. The van der Waals surface area contributed by atoms with Gasteiger partial charge in [0.05, 0.1) is 19.2 Å². The molecule has 4 aromatic rings. The van der Waals surface area contributed by atoms with Crippen molar-refractivity contribution in [2.24, 2.45) is 0 Å². The Morgan fingerprint density at radius 1 is 1.00 bits per heavy atom. The molecule has 1 amide bonds. The van der Waals surface area contributed by atoms with Crippen molar-refractivity contribution in [2.75, 3.05) is 25.1 Å². The molecule has 202 valence electrons. The number of anilines is 1. The Balaban J connectivity index is 1.51. The Morgan fingerprint density at radius 3 is 2.38 bits per heavy atom. The number of nitrogens with one attached hydrogen (secondary N) is 1. The third-order valence-electron chi connectivity index (χ3n) is 6.02. The number of rotatable bonds is 12. The van der Waals surface area contributed by atoms with Crippen LogP contribution in [0.5, 0.6) is 5.75 Å². The van der Waals surface area contributed by atoms with E-state index in [1.807, 2.05) is 41.8 Å². The third-order valence-corrected chi connectivity index (χ3v) is 6.92. The van der Waals surface area contributed by atoms with Gasteiger partial charge in [-0.05, 0) is 60.0 Å². The van der Waals surface area contributed by atoms with Gasteiger partial charge in [0.15, 0.2) is 16.8 Å². The summed E-state index contributed by atoms with van der Waals surface area (Å²) < 4.78 is 32.5. The van der Waals surface area contributed by atoms with Gasteiger partial charge in [0.1, 0.15) is 5.75 Å². The molecular formula is C29H27F2N3O4S. The largest absolute Gasteiger partial charge is 0.497 e. The minimum Gasteiger partial charge on any atom is -0.497 e. The van der Waals surface area contributed by atoms with Gasteiger partial charge in [0.2, 0.25) is 0 Å². The number of hydrogen-bond donors (Lipinski definition) is 2. The number of carboxylic acid groups (broad SMARTS) is 1. The fourth-order valence-electron chi connectivity index (χ4n) is 3.86. The molecule has 0 saturated carbocycles. The number of halogens is 2. The van der Waals surface area contributed by atoms with Crippen molar-refractivity contribution in [3.63, 3.8) is 0 Å². The number of aliphatic carboxylic acids is 1. The van der Waals surface area contributed by atoms with Crippen molar-refractivity contribution < 1.29 is 28.2 Å². The fourth-order valence-corrected chi connectivity index (χ4v) is 4.72. The van der Waals surface area contributed by atoms with E-state index in [-0.39, 0.29) is 18.9 Å². The first kappa shape index (κ1) is 27.7. The molecule has 0 aliphatic carbocycles. The van der Waals surface area contributed by atoms with Crippen molar-refractivity contribution >= 4 is 28.3 Å². The highest BCUT2D eigenvalue weighted by atomic mass is 32.1. The SMILES string of the molecule is COc1ccc(CCN(Cc2ccc(C(=O)NCCC(=O)O)cc2)c2nc(-c3ccc(F)c(F)c3)cs2)cc1. The summed E-state index contributed by atoms with van der Waals surface area (Å²) >= 11 is 1.41. The Hall–Kier alpha value is -4.31. The molecule has 0 spiro atoms. The molecule has 7 nitrogen and oxygen atoms in total. The van der Waals surface area contributed by atoms with Crippen LogP contribution in [0.3, 0.4) is 0 Å². The summed E-state index contributed by atoms with van der Waals surface area (Å²) in [6.45, 7) is 1.19. The van der Waals surface area contributed by atoms with Gasteiger partial charge >= 0.3 is 5.97 Å². The fraction of sp³-hybridized carbons (Fsp3) is 0.207. The van der Waals surface area contributed by atoms with Gasteiger partial charge in [-0.3, -0.25) is 9.59 Å². The van der Waals surface area contributed by atoms with E-state index in [4.69, 9.17) is 14.8 Å². The molecule has 0 fully saturated rings. The lowest BCUT2D eigenvalue weighted by atomic mass is 10.1. The molecule has 0 unspecified atom stereocenters. The maximum Gasteiger partial charge on any atom is 0.305 e. The van der Waals surface area contributed by atoms with Crippen LogP contribution >= 0.6 is 11.3 Å². The number of ether oxygens (including phenoxy) is 1. The summed E-state index contributed by atoms with van der Waals surface area (Å²) in [6.07, 6.45) is 0.585. The number of carbonyl (C=O) groups is 2. The van der Waals surface area contributed by atoms with E-state index < -0.39 is 17.6 Å². The van der Waals surface area contributed by atoms with E-state index in [1.54, 1.807) is 19.2 Å². The molecule has 0 atom stereocenters. The van der Waals surface area contributed by atoms with Gasteiger partial charge in [-0.2, -0.15) is 0 Å². The zero-order valence-corrected chi connectivity index (χ0v) is 22.0. The second kappa shape index (κ2) is 13.0. The standard InChI is InChI=1S/C29H27F2N3O4S/c1-38-23-9-4-19(5-10-23)13-15-34(29-33-26(18-39-29)22-8-11-24(30)25(31)16-22)17-20-2-6-21(7-3-20)28(37)32-14-12-27(35)36/h2-11,16,18H,12-15,17H2,1H3,(H,32,37)(H,35,36). The molecule has 0 saturated heterocycles. The molecule has 0 radical (unpaired) electrons. The Morgan fingerprint density at radius 2 is 1.72 bits per heavy atom. The van der Waals surface area contributed by atoms with E-state index in [0.717, 1.165) is 40.6 Å². The molecule has 0 aliphatic rings. The van der Waals surface area contributed by atoms with Gasteiger partial charge < -0.3 is 20.1 Å². The van der Waals surface area contributed by atoms with E-state index in [1.165, 1.54) is 17.4 Å². The maximum atomic E-state index is 13.8. The van der Waals surface area contributed by atoms with Gasteiger partial charge in [0, 0.05) is 36.1 Å². The van der Waals surface area contributed by atoms with Crippen LogP contribution in [0.15, 0.2) is 72.1 Å². The number of methoxy groups -OCH3 is 1. The summed E-state index contributed by atoms with van der Waals surface area (Å²) in [7, 11) is 1.62.